The Morgan fingerprint density at radius 2 is 2.00 bits per heavy atom. The average Bonchev–Trinajstić information content (AvgIpc) is 2.72. The van der Waals surface area contributed by atoms with E-state index < -0.39 is 17.9 Å². The van der Waals surface area contributed by atoms with Crippen molar-refractivity contribution in [3.8, 4) is 0 Å². The molecular formula is C23H30ClNO5. The molecule has 0 heterocycles. The number of allylic oxidation sites excluding steroid dienone is 2. The summed E-state index contributed by atoms with van der Waals surface area (Å²) in [6, 6.07) is 7.43. The van der Waals surface area contributed by atoms with Crippen LogP contribution in [0.2, 0.25) is 5.02 Å². The Labute approximate surface area is 182 Å². The first-order valence-corrected chi connectivity index (χ1v) is 10.8. The standard InChI is InChI=1S/C23H30ClNO5/c1-3-30-23(29)15(2)20(25-21(26)11-12-22(27)28)13-16-7-9-17(10-8-16)18-5-4-6-19(24)14-18/h4-7,9,14-17,20H,3,8,10-13H2,1-2H3,(H,25,26)(H,27,28). The maximum atomic E-state index is 12.2. The Kier molecular flexibility index (Phi) is 9.37. The molecule has 1 aliphatic carbocycles. The Bertz CT molecular complexity index is 779. The highest BCUT2D eigenvalue weighted by Crippen LogP contribution is 2.34. The Hall–Kier alpha value is -2.34. The van der Waals surface area contributed by atoms with Crippen LogP contribution in [0.1, 0.15) is 57.4 Å². The number of amides is 1. The van der Waals surface area contributed by atoms with Gasteiger partial charge in [0.05, 0.1) is 18.9 Å². The van der Waals surface area contributed by atoms with E-state index in [-0.39, 0.29) is 37.2 Å². The zero-order chi connectivity index (χ0) is 22.1. The number of aliphatic carboxylic acids is 1. The van der Waals surface area contributed by atoms with Gasteiger partial charge in [-0.3, -0.25) is 14.4 Å². The fraction of sp³-hybridized carbons (Fsp3) is 0.522. The van der Waals surface area contributed by atoms with E-state index in [2.05, 4.69) is 23.5 Å². The monoisotopic (exact) mass is 435 g/mol. The molecule has 6 nitrogen and oxygen atoms in total. The Morgan fingerprint density at radius 3 is 2.60 bits per heavy atom. The van der Waals surface area contributed by atoms with Gasteiger partial charge in [-0.1, -0.05) is 35.9 Å². The minimum Gasteiger partial charge on any atom is -0.481 e. The third-order valence-corrected chi connectivity index (χ3v) is 5.71. The molecule has 2 N–H and O–H groups in total. The lowest BCUT2D eigenvalue weighted by atomic mass is 9.80. The van der Waals surface area contributed by atoms with Crippen LogP contribution in [0.4, 0.5) is 0 Å². The van der Waals surface area contributed by atoms with Gasteiger partial charge in [-0.05, 0) is 56.7 Å². The number of rotatable bonds is 10. The number of nitrogens with one attached hydrogen (secondary N) is 1. The molecule has 1 aliphatic rings. The van der Waals surface area contributed by atoms with Gasteiger partial charge in [0.15, 0.2) is 0 Å². The van der Waals surface area contributed by atoms with Gasteiger partial charge < -0.3 is 15.2 Å². The first kappa shape index (κ1) is 23.9. The Balaban J connectivity index is 2.03. The second kappa shape index (κ2) is 11.7. The molecular weight excluding hydrogens is 406 g/mol. The number of hydrogen-bond acceptors (Lipinski definition) is 4. The predicted octanol–water partition coefficient (Wildman–Crippen LogP) is 4.33. The van der Waals surface area contributed by atoms with Crippen LogP contribution in [0.3, 0.4) is 0 Å². The molecule has 4 unspecified atom stereocenters. The molecule has 4 atom stereocenters. The van der Waals surface area contributed by atoms with E-state index in [0.29, 0.717) is 12.3 Å². The number of benzene rings is 1. The van der Waals surface area contributed by atoms with E-state index in [1.807, 2.05) is 18.2 Å². The fourth-order valence-corrected chi connectivity index (χ4v) is 3.94. The van der Waals surface area contributed by atoms with E-state index in [1.54, 1.807) is 13.8 Å². The van der Waals surface area contributed by atoms with E-state index in [9.17, 15) is 14.4 Å². The number of carbonyl (C=O) groups excluding carboxylic acids is 2. The Morgan fingerprint density at radius 1 is 1.23 bits per heavy atom. The van der Waals surface area contributed by atoms with Gasteiger partial charge in [-0.25, -0.2) is 0 Å². The highest BCUT2D eigenvalue weighted by Gasteiger charge is 2.30. The molecule has 0 radical (unpaired) electrons. The average molecular weight is 436 g/mol. The van der Waals surface area contributed by atoms with Crippen LogP contribution in [0.25, 0.3) is 0 Å². The SMILES string of the molecule is CCOC(=O)C(C)C(CC1C=CC(c2cccc(Cl)c2)CC1)NC(=O)CCC(=O)O. The third-order valence-electron chi connectivity index (χ3n) is 5.47. The fourth-order valence-electron chi connectivity index (χ4n) is 3.74. The van der Waals surface area contributed by atoms with Crippen molar-refractivity contribution >= 4 is 29.4 Å². The van der Waals surface area contributed by atoms with Gasteiger partial charge in [-0.15, -0.1) is 0 Å². The van der Waals surface area contributed by atoms with Gasteiger partial charge in [0, 0.05) is 23.4 Å². The summed E-state index contributed by atoms with van der Waals surface area (Å²) in [6.07, 6.45) is 6.43. The zero-order valence-electron chi connectivity index (χ0n) is 17.5. The molecule has 0 aliphatic heterocycles. The van der Waals surface area contributed by atoms with Crippen molar-refractivity contribution in [2.75, 3.05) is 6.61 Å². The summed E-state index contributed by atoms with van der Waals surface area (Å²) in [5.41, 5.74) is 1.18. The molecule has 1 aromatic carbocycles. The van der Waals surface area contributed by atoms with Crippen LogP contribution in [-0.4, -0.2) is 35.6 Å². The first-order chi connectivity index (χ1) is 14.3. The van der Waals surface area contributed by atoms with E-state index >= 15 is 0 Å². The summed E-state index contributed by atoms with van der Waals surface area (Å²) in [4.78, 5) is 35.2. The number of esters is 1. The van der Waals surface area contributed by atoms with E-state index in [4.69, 9.17) is 21.4 Å². The maximum Gasteiger partial charge on any atom is 0.310 e. The van der Waals surface area contributed by atoms with Crippen LogP contribution < -0.4 is 5.32 Å². The lowest BCUT2D eigenvalue weighted by molar-refractivity contribution is -0.149. The highest BCUT2D eigenvalue weighted by atomic mass is 35.5. The number of halogens is 1. The maximum absolute atomic E-state index is 12.2. The van der Waals surface area contributed by atoms with Gasteiger partial charge in [-0.2, -0.15) is 0 Å². The normalized spacial score (nSPS) is 20.2. The molecule has 0 aromatic heterocycles. The van der Waals surface area contributed by atoms with Gasteiger partial charge >= 0.3 is 11.9 Å². The van der Waals surface area contributed by atoms with Crippen molar-refractivity contribution in [1.29, 1.82) is 0 Å². The quantitative estimate of drug-likeness (QED) is 0.421. The molecule has 1 aromatic rings. The number of carbonyl (C=O) groups is 3. The summed E-state index contributed by atoms with van der Waals surface area (Å²) in [6.45, 7) is 3.75. The lowest BCUT2D eigenvalue weighted by Crippen LogP contribution is -2.44. The van der Waals surface area contributed by atoms with Gasteiger partial charge in [0.25, 0.3) is 0 Å². The molecule has 0 spiro atoms. The van der Waals surface area contributed by atoms with Crippen molar-refractivity contribution in [2.45, 2.75) is 57.9 Å². The zero-order valence-corrected chi connectivity index (χ0v) is 18.2. The van der Waals surface area contributed by atoms with E-state index in [1.165, 1.54) is 5.56 Å². The lowest BCUT2D eigenvalue weighted by Gasteiger charge is -2.29. The van der Waals surface area contributed by atoms with Crippen LogP contribution in [-0.2, 0) is 19.1 Å². The van der Waals surface area contributed by atoms with Crippen molar-refractivity contribution in [3.05, 3.63) is 47.0 Å². The molecule has 30 heavy (non-hydrogen) atoms. The summed E-state index contributed by atoms with van der Waals surface area (Å²) in [5.74, 6) is -1.76. The largest absolute Gasteiger partial charge is 0.481 e. The first-order valence-electron chi connectivity index (χ1n) is 10.4. The summed E-state index contributed by atoms with van der Waals surface area (Å²) in [5, 5.41) is 12.4. The van der Waals surface area contributed by atoms with Gasteiger partial charge in [0.2, 0.25) is 5.91 Å². The molecule has 164 valence electrons. The minimum atomic E-state index is -1.03. The van der Waals surface area contributed by atoms with Crippen LogP contribution in [0, 0.1) is 11.8 Å². The number of hydrogen-bond donors (Lipinski definition) is 2. The van der Waals surface area contributed by atoms with Crippen molar-refractivity contribution in [1.82, 2.24) is 5.32 Å². The highest BCUT2D eigenvalue weighted by molar-refractivity contribution is 6.30. The number of carboxylic acids is 1. The smallest absolute Gasteiger partial charge is 0.310 e. The van der Waals surface area contributed by atoms with Crippen LogP contribution in [0.15, 0.2) is 36.4 Å². The van der Waals surface area contributed by atoms with Gasteiger partial charge in [0.1, 0.15) is 0 Å². The summed E-state index contributed by atoms with van der Waals surface area (Å²) < 4.78 is 5.12. The van der Waals surface area contributed by atoms with Crippen molar-refractivity contribution in [2.24, 2.45) is 11.8 Å². The summed E-state index contributed by atoms with van der Waals surface area (Å²) >= 11 is 6.10. The molecule has 2 rings (SSSR count). The second-order valence-electron chi connectivity index (χ2n) is 7.73. The number of ether oxygens (including phenoxy) is 1. The molecule has 0 saturated carbocycles. The summed E-state index contributed by atoms with van der Waals surface area (Å²) in [7, 11) is 0. The number of carboxylic acid groups (broad SMARTS) is 1. The molecule has 0 saturated heterocycles. The molecule has 0 bridgehead atoms. The van der Waals surface area contributed by atoms with E-state index in [0.717, 1.165) is 17.9 Å². The van der Waals surface area contributed by atoms with Crippen molar-refractivity contribution in [3.63, 3.8) is 0 Å². The molecule has 1 amide bonds. The second-order valence-corrected chi connectivity index (χ2v) is 8.16. The molecule has 7 heteroatoms. The van der Waals surface area contributed by atoms with Crippen LogP contribution in [0.5, 0.6) is 0 Å². The third kappa shape index (κ3) is 7.48. The minimum absolute atomic E-state index is 0.112. The van der Waals surface area contributed by atoms with Crippen LogP contribution >= 0.6 is 11.6 Å². The van der Waals surface area contributed by atoms with Crippen molar-refractivity contribution < 1.29 is 24.2 Å². The topological polar surface area (TPSA) is 92.7 Å². The molecule has 0 fully saturated rings. The predicted molar refractivity (Wildman–Crippen MR) is 115 cm³/mol.